The second-order valence-corrected chi connectivity index (χ2v) is 9.72. The van der Waals surface area contributed by atoms with Crippen molar-refractivity contribution in [2.75, 3.05) is 0 Å². The van der Waals surface area contributed by atoms with E-state index in [1.165, 1.54) is 36.8 Å². The lowest BCUT2D eigenvalue weighted by Gasteiger charge is -2.45. The van der Waals surface area contributed by atoms with Gasteiger partial charge >= 0.3 is 0 Å². The molecule has 1 aliphatic carbocycles. The molecule has 2 nitrogen and oxygen atoms in total. The molecule has 0 aromatic heterocycles. The number of unbranched alkanes of at least 4 members (excludes halogenated alkanes) is 1. The van der Waals surface area contributed by atoms with E-state index in [-0.39, 0.29) is 5.60 Å². The minimum atomic E-state index is -0.215. The van der Waals surface area contributed by atoms with E-state index in [0.717, 1.165) is 42.6 Å². The van der Waals surface area contributed by atoms with Crippen LogP contribution in [0.4, 0.5) is 0 Å². The number of fused-ring (bicyclic) bond motifs is 3. The lowest BCUT2D eigenvalue weighted by molar-refractivity contribution is 0.00660. The maximum atomic E-state index is 11.1. The summed E-state index contributed by atoms with van der Waals surface area (Å²) in [5, 5.41) is 11.1. The van der Waals surface area contributed by atoms with Crippen LogP contribution >= 0.6 is 0 Å². The van der Waals surface area contributed by atoms with Crippen LogP contribution in [0.15, 0.2) is 29.4 Å². The Bertz CT molecular complexity index is 797. The number of phenols is 1. The van der Waals surface area contributed by atoms with Crippen molar-refractivity contribution in [3.05, 3.63) is 40.5 Å². The summed E-state index contributed by atoms with van der Waals surface area (Å²) in [6.45, 7) is 13.3. The van der Waals surface area contributed by atoms with Crippen LogP contribution in [0.5, 0.6) is 11.5 Å². The first kappa shape index (κ1) is 22.0. The summed E-state index contributed by atoms with van der Waals surface area (Å²) in [6.07, 6.45) is 11.7. The minimum Gasteiger partial charge on any atom is -0.507 e. The Labute approximate surface area is 178 Å². The Morgan fingerprint density at radius 2 is 1.93 bits per heavy atom. The molecule has 0 saturated carbocycles. The summed E-state index contributed by atoms with van der Waals surface area (Å²) < 4.78 is 6.57. The van der Waals surface area contributed by atoms with Crippen LogP contribution in [0.2, 0.25) is 0 Å². The molecule has 0 unspecified atom stereocenters. The number of benzene rings is 1. The standard InChI is InChI=1S/C27H40O2/c1-7-9-11-18(3)19(4)21-16-24(28)26-22-14-12-20(10-8-2)13-15-23(22)27(5,6)29-25(26)17-21/h12,16-17,22-23,28H,7-11,13-15H2,1-6H3/t22-,23-/m1/s1. The highest BCUT2D eigenvalue weighted by atomic mass is 16.5. The van der Waals surface area contributed by atoms with Gasteiger partial charge in [0.25, 0.3) is 0 Å². The van der Waals surface area contributed by atoms with Gasteiger partial charge < -0.3 is 9.84 Å². The summed E-state index contributed by atoms with van der Waals surface area (Å²) in [6, 6.07) is 4.16. The summed E-state index contributed by atoms with van der Waals surface area (Å²) >= 11 is 0. The van der Waals surface area contributed by atoms with E-state index in [1.807, 2.05) is 6.07 Å². The number of aromatic hydroxyl groups is 1. The summed E-state index contributed by atoms with van der Waals surface area (Å²) in [5.41, 5.74) is 6.17. The largest absolute Gasteiger partial charge is 0.507 e. The van der Waals surface area contributed by atoms with Gasteiger partial charge in [0, 0.05) is 17.4 Å². The van der Waals surface area contributed by atoms with E-state index in [9.17, 15) is 5.11 Å². The van der Waals surface area contributed by atoms with Gasteiger partial charge in [0.2, 0.25) is 0 Å². The molecule has 1 aromatic rings. The summed E-state index contributed by atoms with van der Waals surface area (Å²) in [5.74, 6) is 2.07. The van der Waals surface area contributed by atoms with Gasteiger partial charge in [-0.25, -0.2) is 0 Å². The van der Waals surface area contributed by atoms with Crippen LogP contribution in [0.25, 0.3) is 5.57 Å². The van der Waals surface area contributed by atoms with Crippen LogP contribution < -0.4 is 4.74 Å². The van der Waals surface area contributed by atoms with Gasteiger partial charge in [0.15, 0.2) is 0 Å². The van der Waals surface area contributed by atoms with Crippen molar-refractivity contribution in [2.24, 2.45) is 5.92 Å². The predicted octanol–water partition coefficient (Wildman–Crippen LogP) is 8.16. The van der Waals surface area contributed by atoms with Crippen molar-refractivity contribution in [3.63, 3.8) is 0 Å². The Balaban J connectivity index is 2.01. The first-order valence-electron chi connectivity index (χ1n) is 11.7. The van der Waals surface area contributed by atoms with Crippen molar-refractivity contribution in [1.29, 1.82) is 0 Å². The molecule has 2 aliphatic rings. The maximum absolute atomic E-state index is 11.1. The Kier molecular flexibility index (Phi) is 6.81. The molecule has 1 N–H and O–H groups in total. The van der Waals surface area contributed by atoms with E-state index in [2.05, 4.69) is 53.7 Å². The fraction of sp³-hybridized carbons (Fsp3) is 0.630. The molecule has 0 bridgehead atoms. The lowest BCUT2D eigenvalue weighted by Crippen LogP contribution is -2.44. The number of rotatable bonds is 6. The topological polar surface area (TPSA) is 29.5 Å². The molecule has 1 aromatic carbocycles. The molecule has 1 heterocycles. The maximum Gasteiger partial charge on any atom is 0.127 e. The fourth-order valence-corrected chi connectivity index (χ4v) is 5.32. The smallest absolute Gasteiger partial charge is 0.127 e. The van der Waals surface area contributed by atoms with Crippen molar-refractivity contribution in [1.82, 2.24) is 0 Å². The zero-order valence-corrected chi connectivity index (χ0v) is 19.4. The fourth-order valence-electron chi connectivity index (χ4n) is 5.32. The van der Waals surface area contributed by atoms with Gasteiger partial charge in [-0.05, 0) is 89.5 Å². The molecule has 0 fully saturated rings. The highest BCUT2D eigenvalue weighted by Gasteiger charge is 2.45. The first-order chi connectivity index (χ1) is 13.8. The second-order valence-electron chi connectivity index (χ2n) is 9.72. The third-order valence-electron chi connectivity index (χ3n) is 7.23. The molecule has 0 spiro atoms. The molecule has 29 heavy (non-hydrogen) atoms. The van der Waals surface area contributed by atoms with Gasteiger partial charge in [-0.1, -0.05) is 43.9 Å². The van der Waals surface area contributed by atoms with Gasteiger partial charge in [-0.2, -0.15) is 0 Å². The van der Waals surface area contributed by atoms with Gasteiger partial charge in [-0.15, -0.1) is 0 Å². The number of ether oxygens (including phenoxy) is 1. The van der Waals surface area contributed by atoms with Crippen LogP contribution in [0.3, 0.4) is 0 Å². The van der Waals surface area contributed by atoms with Crippen LogP contribution in [-0.2, 0) is 0 Å². The highest BCUT2D eigenvalue weighted by Crippen LogP contribution is 2.54. The second kappa shape index (κ2) is 8.98. The number of allylic oxidation sites excluding steroid dienone is 4. The van der Waals surface area contributed by atoms with E-state index < -0.39 is 0 Å². The van der Waals surface area contributed by atoms with Crippen LogP contribution in [0.1, 0.15) is 110 Å². The molecular formula is C27H40O2. The number of hydrogen-bond donors (Lipinski definition) is 1. The molecule has 2 atom stereocenters. The molecule has 3 rings (SSSR count). The average molecular weight is 397 g/mol. The molecule has 0 amide bonds. The normalized spacial score (nSPS) is 23.9. The Morgan fingerprint density at radius 1 is 1.17 bits per heavy atom. The zero-order valence-electron chi connectivity index (χ0n) is 19.4. The molecule has 0 saturated heterocycles. The first-order valence-corrected chi connectivity index (χ1v) is 11.7. The van der Waals surface area contributed by atoms with Crippen molar-refractivity contribution in [3.8, 4) is 11.5 Å². The van der Waals surface area contributed by atoms with Crippen LogP contribution in [0, 0.1) is 5.92 Å². The Hall–Kier alpha value is -1.70. The predicted molar refractivity (Wildman–Crippen MR) is 124 cm³/mol. The van der Waals surface area contributed by atoms with Crippen molar-refractivity contribution in [2.45, 2.75) is 104 Å². The number of phenolic OH excluding ortho intramolecular Hbond substituents is 1. The highest BCUT2D eigenvalue weighted by molar-refractivity contribution is 5.71. The average Bonchev–Trinajstić information content (AvgIpc) is 2.88. The van der Waals surface area contributed by atoms with E-state index in [1.54, 1.807) is 5.57 Å². The van der Waals surface area contributed by atoms with Crippen LogP contribution in [-0.4, -0.2) is 10.7 Å². The van der Waals surface area contributed by atoms with Crippen molar-refractivity contribution >= 4 is 5.57 Å². The SMILES string of the molecule is CCCCC(C)=C(C)c1cc(O)c2c(c1)OC(C)(C)[C@@H]1CCC(CCC)=CC[C@@H]21. The molecule has 2 heteroatoms. The summed E-state index contributed by atoms with van der Waals surface area (Å²) in [7, 11) is 0. The molecular weight excluding hydrogens is 356 g/mol. The quantitative estimate of drug-likeness (QED) is 0.491. The van der Waals surface area contributed by atoms with Gasteiger partial charge in [0.1, 0.15) is 17.1 Å². The van der Waals surface area contributed by atoms with E-state index in [4.69, 9.17) is 4.74 Å². The molecule has 0 radical (unpaired) electrons. The Morgan fingerprint density at radius 3 is 2.62 bits per heavy atom. The van der Waals surface area contributed by atoms with Gasteiger partial charge in [-0.3, -0.25) is 0 Å². The monoisotopic (exact) mass is 396 g/mol. The van der Waals surface area contributed by atoms with E-state index >= 15 is 0 Å². The lowest BCUT2D eigenvalue weighted by atomic mass is 9.71. The number of hydrogen-bond acceptors (Lipinski definition) is 2. The minimum absolute atomic E-state index is 0.215. The third-order valence-corrected chi connectivity index (χ3v) is 7.23. The molecule has 1 aliphatic heterocycles. The van der Waals surface area contributed by atoms with Gasteiger partial charge in [0.05, 0.1) is 0 Å². The third kappa shape index (κ3) is 4.57. The van der Waals surface area contributed by atoms with Crippen molar-refractivity contribution < 1.29 is 9.84 Å². The molecule has 160 valence electrons. The summed E-state index contributed by atoms with van der Waals surface area (Å²) in [4.78, 5) is 0. The zero-order chi connectivity index (χ0) is 21.2. The van der Waals surface area contributed by atoms with E-state index in [0.29, 0.717) is 17.6 Å².